The summed E-state index contributed by atoms with van der Waals surface area (Å²) >= 11 is 5.93. The van der Waals surface area contributed by atoms with Crippen LogP contribution >= 0.6 is 11.6 Å². The quantitative estimate of drug-likeness (QED) is 0.892. The van der Waals surface area contributed by atoms with Crippen molar-refractivity contribution < 1.29 is 13.5 Å². The highest BCUT2D eigenvalue weighted by Crippen LogP contribution is 2.24. The van der Waals surface area contributed by atoms with Gasteiger partial charge in [0.15, 0.2) is 0 Å². The molecule has 4 nitrogen and oxygen atoms in total. The fourth-order valence-corrected chi connectivity index (χ4v) is 3.03. The molecular weight excluding hydrogens is 298 g/mol. The summed E-state index contributed by atoms with van der Waals surface area (Å²) in [7, 11) is -3.66. The molecule has 20 heavy (non-hydrogen) atoms. The van der Waals surface area contributed by atoms with Crippen LogP contribution in [0.1, 0.15) is 5.56 Å². The second kappa shape index (κ2) is 6.26. The monoisotopic (exact) mass is 311 g/mol. The first-order valence-electron chi connectivity index (χ1n) is 6.00. The van der Waals surface area contributed by atoms with E-state index in [0.717, 1.165) is 5.56 Å². The molecule has 2 rings (SSSR count). The van der Waals surface area contributed by atoms with E-state index in [4.69, 9.17) is 16.7 Å². The zero-order chi connectivity index (χ0) is 14.6. The predicted molar refractivity (Wildman–Crippen MR) is 79.5 cm³/mol. The number of aliphatic hydroxyl groups is 1. The number of hydrogen-bond donors (Lipinski definition) is 2. The van der Waals surface area contributed by atoms with E-state index < -0.39 is 10.0 Å². The Kier molecular flexibility index (Phi) is 4.65. The van der Waals surface area contributed by atoms with Crippen LogP contribution in [0.4, 0.5) is 5.69 Å². The first kappa shape index (κ1) is 14.8. The van der Waals surface area contributed by atoms with Crippen LogP contribution in [0.3, 0.4) is 0 Å². The highest BCUT2D eigenvalue weighted by molar-refractivity contribution is 7.92. The van der Waals surface area contributed by atoms with Gasteiger partial charge in [0.05, 0.1) is 15.6 Å². The van der Waals surface area contributed by atoms with Gasteiger partial charge in [-0.25, -0.2) is 8.42 Å². The van der Waals surface area contributed by atoms with Crippen LogP contribution in [-0.2, 0) is 16.4 Å². The van der Waals surface area contributed by atoms with Crippen LogP contribution in [0.5, 0.6) is 0 Å². The van der Waals surface area contributed by atoms with Crippen molar-refractivity contribution in [3.05, 3.63) is 59.1 Å². The molecule has 0 fully saturated rings. The van der Waals surface area contributed by atoms with Crippen LogP contribution in [0.25, 0.3) is 0 Å². The summed E-state index contributed by atoms with van der Waals surface area (Å²) in [6.07, 6.45) is 0.498. The molecule has 0 aliphatic heterocycles. The van der Waals surface area contributed by atoms with Crippen molar-refractivity contribution in [2.75, 3.05) is 11.3 Å². The third kappa shape index (κ3) is 3.50. The van der Waals surface area contributed by atoms with E-state index in [1.54, 1.807) is 36.4 Å². The molecule has 0 unspecified atom stereocenters. The lowest BCUT2D eigenvalue weighted by molar-refractivity contribution is 0.299. The second-order valence-corrected chi connectivity index (χ2v) is 6.29. The Hall–Kier alpha value is -1.56. The van der Waals surface area contributed by atoms with Crippen LogP contribution in [0.2, 0.25) is 5.02 Å². The predicted octanol–water partition coefficient (Wildman–Crippen LogP) is 2.68. The maximum Gasteiger partial charge on any atom is 0.261 e. The molecule has 0 spiro atoms. The van der Waals surface area contributed by atoms with E-state index in [9.17, 15) is 8.42 Å². The normalized spacial score (nSPS) is 11.3. The minimum absolute atomic E-state index is 0.0317. The molecule has 0 amide bonds. The van der Waals surface area contributed by atoms with Gasteiger partial charge >= 0.3 is 0 Å². The molecule has 0 saturated heterocycles. The maximum atomic E-state index is 12.2. The Morgan fingerprint density at radius 3 is 2.30 bits per heavy atom. The summed E-state index contributed by atoms with van der Waals surface area (Å²) in [5.74, 6) is 0. The lowest BCUT2D eigenvalue weighted by atomic mass is 10.2. The number of nitrogens with one attached hydrogen (secondary N) is 1. The van der Waals surface area contributed by atoms with Gasteiger partial charge in [0, 0.05) is 6.61 Å². The Balaban J connectivity index is 2.24. The van der Waals surface area contributed by atoms with Crippen LogP contribution in [0, 0.1) is 0 Å². The highest BCUT2D eigenvalue weighted by Gasteiger charge is 2.15. The van der Waals surface area contributed by atoms with Gasteiger partial charge < -0.3 is 5.11 Å². The van der Waals surface area contributed by atoms with Crippen molar-refractivity contribution in [2.45, 2.75) is 11.3 Å². The molecule has 0 atom stereocenters. The third-order valence-corrected chi connectivity index (χ3v) is 4.46. The molecule has 0 radical (unpaired) electrons. The Labute approximate surface area is 123 Å². The molecule has 0 aliphatic rings. The Morgan fingerprint density at radius 2 is 1.70 bits per heavy atom. The molecular formula is C14H14ClNO3S. The van der Waals surface area contributed by atoms with E-state index in [-0.39, 0.29) is 11.5 Å². The largest absolute Gasteiger partial charge is 0.396 e. The maximum absolute atomic E-state index is 12.2. The molecule has 2 aromatic rings. The van der Waals surface area contributed by atoms with Gasteiger partial charge in [0.25, 0.3) is 10.0 Å². The van der Waals surface area contributed by atoms with Gasteiger partial charge in [0.2, 0.25) is 0 Å². The van der Waals surface area contributed by atoms with Crippen LogP contribution in [-0.4, -0.2) is 20.1 Å². The van der Waals surface area contributed by atoms with E-state index >= 15 is 0 Å². The molecule has 0 heterocycles. The zero-order valence-corrected chi connectivity index (χ0v) is 12.2. The fourth-order valence-electron chi connectivity index (χ4n) is 1.71. The molecule has 2 N–H and O–H groups in total. The van der Waals surface area contributed by atoms with Gasteiger partial charge in [-0.15, -0.1) is 0 Å². The number of hydrogen-bond acceptors (Lipinski definition) is 3. The average molecular weight is 312 g/mol. The van der Waals surface area contributed by atoms with Crippen molar-refractivity contribution in [2.24, 2.45) is 0 Å². The van der Waals surface area contributed by atoms with E-state index in [1.165, 1.54) is 12.1 Å². The summed E-state index contributed by atoms with van der Waals surface area (Å²) in [4.78, 5) is 0.152. The number of para-hydroxylation sites is 1. The van der Waals surface area contributed by atoms with Gasteiger partial charge in [-0.05, 0) is 36.2 Å². The number of rotatable bonds is 5. The third-order valence-electron chi connectivity index (χ3n) is 2.75. The van der Waals surface area contributed by atoms with E-state index in [1.807, 2.05) is 0 Å². The van der Waals surface area contributed by atoms with Crippen molar-refractivity contribution in [3.63, 3.8) is 0 Å². The molecule has 2 aromatic carbocycles. The lowest BCUT2D eigenvalue weighted by Gasteiger charge is -2.09. The minimum atomic E-state index is -3.66. The molecule has 0 aromatic heterocycles. The topological polar surface area (TPSA) is 66.4 Å². The first-order chi connectivity index (χ1) is 9.53. The summed E-state index contributed by atoms with van der Waals surface area (Å²) in [5.41, 5.74) is 1.22. The molecule has 6 heteroatoms. The average Bonchev–Trinajstić information content (AvgIpc) is 2.42. The molecule has 0 aliphatic carbocycles. The minimum Gasteiger partial charge on any atom is -0.396 e. The summed E-state index contributed by atoms with van der Waals surface area (Å²) in [5, 5.41) is 9.17. The SMILES string of the molecule is O=S(=O)(Nc1ccccc1Cl)c1ccc(CCO)cc1. The smallest absolute Gasteiger partial charge is 0.261 e. The summed E-state index contributed by atoms with van der Waals surface area (Å²) < 4.78 is 26.9. The summed E-state index contributed by atoms with van der Waals surface area (Å²) in [6, 6.07) is 13.0. The van der Waals surface area contributed by atoms with E-state index in [0.29, 0.717) is 17.1 Å². The molecule has 0 bridgehead atoms. The van der Waals surface area contributed by atoms with Gasteiger partial charge in [-0.1, -0.05) is 35.9 Å². The Morgan fingerprint density at radius 1 is 1.05 bits per heavy atom. The second-order valence-electron chi connectivity index (χ2n) is 4.20. The first-order valence-corrected chi connectivity index (χ1v) is 7.86. The van der Waals surface area contributed by atoms with Crippen molar-refractivity contribution in [1.29, 1.82) is 0 Å². The lowest BCUT2D eigenvalue weighted by Crippen LogP contribution is -2.13. The number of benzene rings is 2. The number of halogens is 1. The molecule has 106 valence electrons. The van der Waals surface area contributed by atoms with Crippen LogP contribution in [0.15, 0.2) is 53.4 Å². The highest BCUT2D eigenvalue weighted by atomic mass is 35.5. The zero-order valence-electron chi connectivity index (χ0n) is 10.6. The van der Waals surface area contributed by atoms with Crippen molar-refractivity contribution in [3.8, 4) is 0 Å². The molecule has 0 saturated carbocycles. The van der Waals surface area contributed by atoms with Gasteiger partial charge in [-0.2, -0.15) is 0 Å². The Bertz CT molecular complexity index is 684. The van der Waals surface area contributed by atoms with Gasteiger partial charge in [-0.3, -0.25) is 4.72 Å². The van der Waals surface area contributed by atoms with Crippen molar-refractivity contribution in [1.82, 2.24) is 0 Å². The fraction of sp³-hybridized carbons (Fsp3) is 0.143. The summed E-state index contributed by atoms with van der Waals surface area (Å²) in [6.45, 7) is 0.0317. The number of anilines is 1. The number of aliphatic hydroxyl groups excluding tert-OH is 1. The number of sulfonamides is 1. The van der Waals surface area contributed by atoms with Crippen LogP contribution < -0.4 is 4.72 Å². The van der Waals surface area contributed by atoms with Crippen molar-refractivity contribution >= 4 is 27.3 Å². The van der Waals surface area contributed by atoms with Gasteiger partial charge in [0.1, 0.15) is 0 Å². The van der Waals surface area contributed by atoms with E-state index in [2.05, 4.69) is 4.72 Å². The standard InChI is InChI=1S/C14H14ClNO3S/c15-13-3-1-2-4-14(13)16-20(18,19)12-7-5-11(6-8-12)9-10-17/h1-8,16-17H,9-10H2.